The Labute approximate surface area is 80.1 Å². The van der Waals surface area contributed by atoms with Crippen molar-refractivity contribution in [2.75, 3.05) is 7.11 Å². The summed E-state index contributed by atoms with van der Waals surface area (Å²) < 4.78 is 4.86. The van der Waals surface area contributed by atoms with Gasteiger partial charge in [0, 0.05) is 0 Å². The SMILES string of the molecule is COc1cnc(CC(=O)O)cc1Cl. The van der Waals surface area contributed by atoms with Crippen molar-refractivity contribution in [3.63, 3.8) is 0 Å². The van der Waals surface area contributed by atoms with E-state index in [0.717, 1.165) is 0 Å². The molecule has 0 spiro atoms. The van der Waals surface area contributed by atoms with Gasteiger partial charge in [-0.1, -0.05) is 11.6 Å². The molecule has 0 aliphatic rings. The first kappa shape index (κ1) is 9.80. The van der Waals surface area contributed by atoms with Crippen LogP contribution >= 0.6 is 11.6 Å². The third-order valence-corrected chi connectivity index (χ3v) is 1.72. The van der Waals surface area contributed by atoms with Gasteiger partial charge in [0.2, 0.25) is 0 Å². The van der Waals surface area contributed by atoms with Crippen LogP contribution in [-0.4, -0.2) is 23.2 Å². The van der Waals surface area contributed by atoms with Crippen LogP contribution in [0.2, 0.25) is 5.02 Å². The fourth-order valence-corrected chi connectivity index (χ4v) is 1.11. The second-order valence-electron chi connectivity index (χ2n) is 2.38. The number of methoxy groups -OCH3 is 1. The van der Waals surface area contributed by atoms with E-state index >= 15 is 0 Å². The van der Waals surface area contributed by atoms with E-state index in [-0.39, 0.29) is 6.42 Å². The average Bonchev–Trinajstić information content (AvgIpc) is 2.03. The summed E-state index contributed by atoms with van der Waals surface area (Å²) in [7, 11) is 1.47. The van der Waals surface area contributed by atoms with Crippen molar-refractivity contribution in [1.29, 1.82) is 0 Å². The summed E-state index contributed by atoms with van der Waals surface area (Å²) in [6.45, 7) is 0. The van der Waals surface area contributed by atoms with Crippen LogP contribution in [0.5, 0.6) is 5.75 Å². The molecule has 0 saturated carbocycles. The molecule has 0 fully saturated rings. The predicted molar refractivity (Wildman–Crippen MR) is 47.1 cm³/mol. The molecule has 1 N–H and O–H groups in total. The molecule has 1 heterocycles. The van der Waals surface area contributed by atoms with Gasteiger partial charge in [-0.3, -0.25) is 9.78 Å². The van der Waals surface area contributed by atoms with E-state index in [1.165, 1.54) is 19.4 Å². The summed E-state index contributed by atoms with van der Waals surface area (Å²) in [6.07, 6.45) is 1.27. The number of pyridine rings is 1. The summed E-state index contributed by atoms with van der Waals surface area (Å²) >= 11 is 5.76. The van der Waals surface area contributed by atoms with Gasteiger partial charge in [0.05, 0.1) is 30.4 Å². The van der Waals surface area contributed by atoms with Gasteiger partial charge in [-0.2, -0.15) is 0 Å². The van der Waals surface area contributed by atoms with Gasteiger partial charge in [-0.05, 0) is 6.07 Å². The molecule has 0 bridgehead atoms. The summed E-state index contributed by atoms with van der Waals surface area (Å²) in [4.78, 5) is 14.2. The Bertz CT molecular complexity index is 327. The number of hydrogen-bond donors (Lipinski definition) is 1. The lowest BCUT2D eigenvalue weighted by molar-refractivity contribution is -0.136. The normalized spacial score (nSPS) is 9.69. The molecule has 0 aromatic carbocycles. The summed E-state index contributed by atoms with van der Waals surface area (Å²) in [5, 5.41) is 8.84. The van der Waals surface area contributed by atoms with Crippen molar-refractivity contribution >= 4 is 17.6 Å². The third-order valence-electron chi connectivity index (χ3n) is 1.43. The molecular formula is C8H8ClNO3. The monoisotopic (exact) mass is 201 g/mol. The van der Waals surface area contributed by atoms with Crippen molar-refractivity contribution in [2.24, 2.45) is 0 Å². The average molecular weight is 202 g/mol. The van der Waals surface area contributed by atoms with Gasteiger partial charge in [0.25, 0.3) is 0 Å². The summed E-state index contributed by atoms with van der Waals surface area (Å²) in [5.41, 5.74) is 0.415. The fourth-order valence-electron chi connectivity index (χ4n) is 0.860. The Balaban J connectivity index is 2.89. The highest BCUT2D eigenvalue weighted by atomic mass is 35.5. The van der Waals surface area contributed by atoms with Crippen molar-refractivity contribution in [3.05, 3.63) is 23.0 Å². The molecule has 0 aliphatic carbocycles. The standard InChI is InChI=1S/C8H8ClNO3/c1-13-7-4-10-5(2-6(7)9)3-8(11)12/h2,4H,3H2,1H3,(H,11,12). The predicted octanol–water partition coefficient (Wildman–Crippen LogP) is 1.37. The zero-order valence-electron chi connectivity index (χ0n) is 6.95. The number of rotatable bonds is 3. The Morgan fingerprint density at radius 2 is 2.46 bits per heavy atom. The lowest BCUT2D eigenvalue weighted by Crippen LogP contribution is -2.02. The van der Waals surface area contributed by atoms with Crippen molar-refractivity contribution in [3.8, 4) is 5.75 Å². The molecule has 0 amide bonds. The largest absolute Gasteiger partial charge is 0.494 e. The number of aromatic nitrogens is 1. The Morgan fingerprint density at radius 1 is 1.77 bits per heavy atom. The van der Waals surface area contributed by atoms with E-state index in [1.54, 1.807) is 0 Å². The zero-order valence-corrected chi connectivity index (χ0v) is 7.71. The molecular weight excluding hydrogens is 194 g/mol. The van der Waals surface area contributed by atoms with Crippen LogP contribution in [0.25, 0.3) is 0 Å². The van der Waals surface area contributed by atoms with E-state index in [0.29, 0.717) is 16.5 Å². The van der Waals surface area contributed by atoms with Gasteiger partial charge >= 0.3 is 5.97 Å². The number of aliphatic carboxylic acids is 1. The smallest absolute Gasteiger partial charge is 0.309 e. The quantitative estimate of drug-likeness (QED) is 0.803. The number of nitrogens with zero attached hydrogens (tertiary/aromatic N) is 1. The summed E-state index contributed by atoms with van der Waals surface area (Å²) in [5.74, 6) is -0.496. The van der Waals surface area contributed by atoms with E-state index in [9.17, 15) is 4.79 Å². The van der Waals surface area contributed by atoms with Gasteiger partial charge < -0.3 is 9.84 Å². The highest BCUT2D eigenvalue weighted by molar-refractivity contribution is 6.32. The molecule has 4 nitrogen and oxygen atoms in total. The first-order valence-corrected chi connectivity index (χ1v) is 3.91. The molecule has 1 aromatic heterocycles. The molecule has 0 unspecified atom stereocenters. The van der Waals surface area contributed by atoms with E-state index < -0.39 is 5.97 Å². The Hall–Kier alpha value is -1.29. The first-order valence-electron chi connectivity index (χ1n) is 3.53. The number of ether oxygens (including phenoxy) is 1. The molecule has 1 rings (SSSR count). The third kappa shape index (κ3) is 2.59. The van der Waals surface area contributed by atoms with Crippen LogP contribution in [0.4, 0.5) is 0 Å². The topological polar surface area (TPSA) is 59.4 Å². The molecule has 5 heteroatoms. The second-order valence-corrected chi connectivity index (χ2v) is 2.79. The second kappa shape index (κ2) is 4.09. The minimum atomic E-state index is -0.936. The summed E-state index contributed by atoms with van der Waals surface area (Å²) in [6, 6.07) is 1.48. The molecule has 0 saturated heterocycles. The Morgan fingerprint density at radius 3 is 2.92 bits per heavy atom. The van der Waals surface area contributed by atoms with E-state index in [2.05, 4.69) is 4.98 Å². The lowest BCUT2D eigenvalue weighted by atomic mass is 10.3. The highest BCUT2D eigenvalue weighted by Gasteiger charge is 2.05. The molecule has 0 atom stereocenters. The van der Waals surface area contributed by atoms with Crippen LogP contribution in [0.1, 0.15) is 5.69 Å². The van der Waals surface area contributed by atoms with Crippen LogP contribution in [0.15, 0.2) is 12.3 Å². The first-order chi connectivity index (χ1) is 6.13. The maximum atomic E-state index is 10.3. The maximum Gasteiger partial charge on any atom is 0.309 e. The van der Waals surface area contributed by atoms with Crippen LogP contribution in [0, 0.1) is 0 Å². The number of carboxylic acids is 1. The minimum Gasteiger partial charge on any atom is -0.494 e. The van der Waals surface area contributed by atoms with Crippen molar-refractivity contribution in [2.45, 2.75) is 6.42 Å². The molecule has 13 heavy (non-hydrogen) atoms. The molecule has 0 aliphatic heterocycles. The van der Waals surface area contributed by atoms with Crippen LogP contribution in [-0.2, 0) is 11.2 Å². The molecule has 0 radical (unpaired) electrons. The number of halogens is 1. The van der Waals surface area contributed by atoms with Gasteiger partial charge in [-0.25, -0.2) is 0 Å². The van der Waals surface area contributed by atoms with Crippen molar-refractivity contribution < 1.29 is 14.6 Å². The van der Waals surface area contributed by atoms with Crippen LogP contribution in [0.3, 0.4) is 0 Å². The van der Waals surface area contributed by atoms with Gasteiger partial charge in [0.15, 0.2) is 5.75 Å². The van der Waals surface area contributed by atoms with Crippen LogP contribution < -0.4 is 4.74 Å². The molecule has 1 aromatic rings. The fraction of sp³-hybridized carbons (Fsp3) is 0.250. The molecule has 70 valence electrons. The van der Waals surface area contributed by atoms with E-state index in [1.807, 2.05) is 0 Å². The van der Waals surface area contributed by atoms with Gasteiger partial charge in [0.1, 0.15) is 0 Å². The lowest BCUT2D eigenvalue weighted by Gasteiger charge is -2.02. The van der Waals surface area contributed by atoms with Crippen molar-refractivity contribution in [1.82, 2.24) is 4.98 Å². The zero-order chi connectivity index (χ0) is 9.84. The number of carbonyl (C=O) groups is 1. The number of carboxylic acid groups (broad SMARTS) is 1. The maximum absolute atomic E-state index is 10.3. The number of hydrogen-bond acceptors (Lipinski definition) is 3. The van der Waals surface area contributed by atoms with E-state index in [4.69, 9.17) is 21.4 Å². The highest BCUT2D eigenvalue weighted by Crippen LogP contribution is 2.23. The Kier molecular flexibility index (Phi) is 3.08. The van der Waals surface area contributed by atoms with Gasteiger partial charge in [-0.15, -0.1) is 0 Å². The minimum absolute atomic E-state index is 0.135.